The SMILES string of the molecule is COC(=O)c1c(Br)c(C)nn1-c1nc(-c2cnn(C)c2)c(SC(C)C)s1. The summed E-state index contributed by atoms with van der Waals surface area (Å²) in [6.45, 7) is 6.09. The third-order valence-electron chi connectivity index (χ3n) is 3.45. The quantitative estimate of drug-likeness (QED) is 0.425. The molecular weight excluding hydrogens is 438 g/mol. The molecule has 0 aromatic carbocycles. The lowest BCUT2D eigenvalue weighted by molar-refractivity contribution is 0.0589. The molecule has 3 rings (SSSR count). The van der Waals surface area contributed by atoms with Gasteiger partial charge in [-0.1, -0.05) is 25.2 Å². The van der Waals surface area contributed by atoms with Gasteiger partial charge in [0.15, 0.2) is 5.69 Å². The molecule has 3 heterocycles. The van der Waals surface area contributed by atoms with E-state index in [0.717, 1.165) is 15.5 Å². The van der Waals surface area contributed by atoms with Gasteiger partial charge >= 0.3 is 5.97 Å². The van der Waals surface area contributed by atoms with Gasteiger partial charge in [-0.15, -0.1) is 11.8 Å². The van der Waals surface area contributed by atoms with Crippen molar-refractivity contribution in [3.05, 3.63) is 28.3 Å². The third kappa shape index (κ3) is 3.58. The van der Waals surface area contributed by atoms with Crippen molar-refractivity contribution in [2.45, 2.75) is 30.2 Å². The van der Waals surface area contributed by atoms with Crippen molar-refractivity contribution < 1.29 is 9.53 Å². The van der Waals surface area contributed by atoms with E-state index in [9.17, 15) is 4.79 Å². The Morgan fingerprint density at radius 2 is 2.15 bits per heavy atom. The molecule has 0 aliphatic carbocycles. The molecule has 138 valence electrons. The van der Waals surface area contributed by atoms with E-state index in [-0.39, 0.29) is 0 Å². The van der Waals surface area contributed by atoms with Crippen LogP contribution in [-0.4, -0.2) is 42.9 Å². The number of nitrogens with zero attached hydrogens (tertiary/aromatic N) is 5. The minimum absolute atomic E-state index is 0.331. The molecule has 0 amide bonds. The van der Waals surface area contributed by atoms with E-state index in [1.165, 1.54) is 18.4 Å². The van der Waals surface area contributed by atoms with Crippen molar-refractivity contribution in [1.29, 1.82) is 0 Å². The second-order valence-corrected chi connectivity index (χ2v) is 9.47. The molecule has 7 nitrogen and oxygen atoms in total. The van der Waals surface area contributed by atoms with E-state index >= 15 is 0 Å². The number of rotatable bonds is 5. The molecule has 0 N–H and O–H groups in total. The standard InChI is InChI=1S/C16H18BrN5O2S2/c1-8(2)25-15-12(10-6-18-21(4)7-10)19-16(26-15)22-13(14(23)24-5)11(17)9(3)20-22/h6-8H,1-5H3. The number of thiazole rings is 1. The van der Waals surface area contributed by atoms with Crippen LogP contribution >= 0.6 is 39.0 Å². The third-order valence-corrected chi connectivity index (χ3v) is 6.65. The van der Waals surface area contributed by atoms with Crippen LogP contribution in [0.4, 0.5) is 0 Å². The maximum absolute atomic E-state index is 12.2. The van der Waals surface area contributed by atoms with Crippen LogP contribution in [0.25, 0.3) is 16.4 Å². The van der Waals surface area contributed by atoms with Crippen LogP contribution in [0.15, 0.2) is 21.1 Å². The van der Waals surface area contributed by atoms with E-state index in [0.29, 0.717) is 26.2 Å². The lowest BCUT2D eigenvalue weighted by Gasteiger charge is -2.02. The average molecular weight is 456 g/mol. The highest BCUT2D eigenvalue weighted by molar-refractivity contribution is 9.10. The monoisotopic (exact) mass is 455 g/mol. The van der Waals surface area contributed by atoms with Gasteiger partial charge in [0, 0.05) is 24.1 Å². The highest BCUT2D eigenvalue weighted by atomic mass is 79.9. The fraction of sp³-hybridized carbons (Fsp3) is 0.375. The highest BCUT2D eigenvalue weighted by Crippen LogP contribution is 2.40. The Morgan fingerprint density at radius 1 is 1.42 bits per heavy atom. The summed E-state index contributed by atoms with van der Waals surface area (Å²) in [5, 5.41) is 9.71. The molecule has 0 saturated carbocycles. The van der Waals surface area contributed by atoms with Gasteiger partial charge in [0.25, 0.3) is 0 Å². The Hall–Kier alpha value is -1.65. The fourth-order valence-corrected chi connectivity index (χ4v) is 5.21. The van der Waals surface area contributed by atoms with E-state index < -0.39 is 5.97 Å². The predicted octanol–water partition coefficient (Wildman–Crippen LogP) is 4.09. The number of hydrogen-bond acceptors (Lipinski definition) is 7. The van der Waals surface area contributed by atoms with Crippen LogP contribution in [0.1, 0.15) is 30.0 Å². The molecule has 10 heteroatoms. The van der Waals surface area contributed by atoms with Crippen LogP contribution in [0.2, 0.25) is 0 Å². The van der Waals surface area contributed by atoms with Crippen molar-refractivity contribution in [3.8, 4) is 16.4 Å². The molecule has 3 aromatic rings. The molecular formula is C16H18BrN5O2S2. The Morgan fingerprint density at radius 3 is 2.73 bits per heavy atom. The molecule has 0 radical (unpaired) electrons. The number of hydrogen-bond donors (Lipinski definition) is 0. The zero-order chi connectivity index (χ0) is 19.0. The predicted molar refractivity (Wildman–Crippen MR) is 106 cm³/mol. The van der Waals surface area contributed by atoms with Gasteiger partial charge < -0.3 is 4.74 Å². The number of methoxy groups -OCH3 is 1. The molecule has 0 saturated heterocycles. The summed E-state index contributed by atoms with van der Waals surface area (Å²) in [6.07, 6.45) is 3.71. The summed E-state index contributed by atoms with van der Waals surface area (Å²) in [6, 6.07) is 0. The van der Waals surface area contributed by atoms with E-state index in [4.69, 9.17) is 9.72 Å². The first-order valence-corrected chi connectivity index (χ1v) is 10.3. The van der Waals surface area contributed by atoms with Gasteiger partial charge in [-0.2, -0.15) is 14.9 Å². The van der Waals surface area contributed by atoms with E-state index in [2.05, 4.69) is 40.0 Å². The number of carbonyl (C=O) groups is 1. The Bertz CT molecular complexity index is 960. The van der Waals surface area contributed by atoms with Crippen LogP contribution < -0.4 is 0 Å². The van der Waals surface area contributed by atoms with Gasteiger partial charge in [-0.25, -0.2) is 9.78 Å². The first-order chi connectivity index (χ1) is 12.3. The average Bonchev–Trinajstić information content (AvgIpc) is 3.25. The summed E-state index contributed by atoms with van der Waals surface area (Å²) in [4.78, 5) is 17.0. The smallest absolute Gasteiger partial charge is 0.358 e. The van der Waals surface area contributed by atoms with Crippen LogP contribution in [0.5, 0.6) is 0 Å². The highest BCUT2D eigenvalue weighted by Gasteiger charge is 2.25. The van der Waals surface area contributed by atoms with Crippen LogP contribution in [-0.2, 0) is 11.8 Å². The van der Waals surface area contributed by atoms with Gasteiger partial charge in [-0.3, -0.25) is 4.68 Å². The summed E-state index contributed by atoms with van der Waals surface area (Å²) < 4.78 is 9.87. The Labute approximate surface area is 167 Å². The van der Waals surface area contributed by atoms with Gasteiger partial charge in [0.2, 0.25) is 5.13 Å². The number of carbonyl (C=O) groups excluding carboxylic acids is 1. The maximum Gasteiger partial charge on any atom is 0.358 e. The molecule has 0 fully saturated rings. The van der Waals surface area contributed by atoms with Crippen molar-refractivity contribution >= 4 is 45.0 Å². The second kappa shape index (κ2) is 7.53. The minimum Gasteiger partial charge on any atom is -0.464 e. The van der Waals surface area contributed by atoms with Crippen molar-refractivity contribution in [1.82, 2.24) is 24.5 Å². The van der Waals surface area contributed by atoms with E-state index in [1.807, 2.05) is 20.2 Å². The maximum atomic E-state index is 12.2. The Kier molecular flexibility index (Phi) is 5.54. The first-order valence-electron chi connectivity index (χ1n) is 7.82. The summed E-state index contributed by atoms with van der Waals surface area (Å²) in [7, 11) is 3.22. The molecule has 3 aromatic heterocycles. The number of aromatic nitrogens is 5. The number of halogens is 1. The molecule has 0 unspecified atom stereocenters. The molecule has 0 aliphatic heterocycles. The summed E-state index contributed by atoms with van der Waals surface area (Å²) >= 11 is 6.65. The number of thioether (sulfide) groups is 1. The lowest BCUT2D eigenvalue weighted by Crippen LogP contribution is -2.10. The molecule has 26 heavy (non-hydrogen) atoms. The molecule has 0 bridgehead atoms. The van der Waals surface area contributed by atoms with Gasteiger partial charge in [0.05, 0.1) is 27.7 Å². The number of ether oxygens (including phenoxy) is 1. The normalized spacial score (nSPS) is 11.3. The van der Waals surface area contributed by atoms with Gasteiger partial charge in [-0.05, 0) is 22.9 Å². The molecule has 0 spiro atoms. The van der Waals surface area contributed by atoms with Crippen molar-refractivity contribution in [3.63, 3.8) is 0 Å². The van der Waals surface area contributed by atoms with Crippen LogP contribution in [0, 0.1) is 6.92 Å². The zero-order valence-corrected chi connectivity index (χ0v) is 18.2. The van der Waals surface area contributed by atoms with Crippen molar-refractivity contribution in [2.75, 3.05) is 7.11 Å². The first kappa shape index (κ1) is 19.1. The lowest BCUT2D eigenvalue weighted by atomic mass is 10.3. The van der Waals surface area contributed by atoms with Crippen molar-refractivity contribution in [2.24, 2.45) is 7.05 Å². The zero-order valence-electron chi connectivity index (χ0n) is 15.0. The number of esters is 1. The minimum atomic E-state index is -0.464. The topological polar surface area (TPSA) is 74.8 Å². The molecule has 0 atom stereocenters. The van der Waals surface area contributed by atoms with Crippen LogP contribution in [0.3, 0.4) is 0 Å². The van der Waals surface area contributed by atoms with E-state index in [1.54, 1.807) is 27.3 Å². The largest absolute Gasteiger partial charge is 0.464 e. The summed E-state index contributed by atoms with van der Waals surface area (Å²) in [5.74, 6) is -0.464. The molecule has 0 aliphatic rings. The number of aryl methyl sites for hydroxylation is 2. The Balaban J connectivity index is 2.17. The fourth-order valence-electron chi connectivity index (χ4n) is 2.33. The second-order valence-electron chi connectivity index (χ2n) is 5.85. The summed E-state index contributed by atoms with van der Waals surface area (Å²) in [5.41, 5.74) is 2.80. The van der Waals surface area contributed by atoms with Gasteiger partial charge in [0.1, 0.15) is 5.69 Å².